The SMILES string of the molecule is COc1ccc2c(c1)CCNC2c1cc(C)ccc1OC. The first-order valence-corrected chi connectivity index (χ1v) is 7.27. The van der Waals surface area contributed by atoms with Gasteiger partial charge in [0.05, 0.1) is 20.3 Å². The molecule has 1 aliphatic heterocycles. The third-order valence-electron chi connectivity index (χ3n) is 4.10. The zero-order valence-electron chi connectivity index (χ0n) is 12.8. The Kier molecular flexibility index (Phi) is 3.84. The Hall–Kier alpha value is -2.00. The molecule has 3 heteroatoms. The Bertz CT molecular complexity index is 652. The van der Waals surface area contributed by atoms with E-state index < -0.39 is 0 Å². The van der Waals surface area contributed by atoms with E-state index in [-0.39, 0.29) is 6.04 Å². The first-order chi connectivity index (χ1) is 10.2. The van der Waals surface area contributed by atoms with Crippen LogP contribution in [0.25, 0.3) is 0 Å². The average Bonchev–Trinajstić information content (AvgIpc) is 2.53. The fraction of sp³-hybridized carbons (Fsp3) is 0.333. The van der Waals surface area contributed by atoms with Crippen LogP contribution in [-0.4, -0.2) is 20.8 Å². The monoisotopic (exact) mass is 283 g/mol. The van der Waals surface area contributed by atoms with Gasteiger partial charge in [0, 0.05) is 12.1 Å². The molecule has 0 bridgehead atoms. The molecule has 110 valence electrons. The molecule has 0 aromatic heterocycles. The van der Waals surface area contributed by atoms with Crippen molar-refractivity contribution in [3.05, 3.63) is 58.7 Å². The minimum Gasteiger partial charge on any atom is -0.497 e. The molecule has 3 nitrogen and oxygen atoms in total. The molecule has 0 spiro atoms. The third-order valence-corrected chi connectivity index (χ3v) is 4.10. The van der Waals surface area contributed by atoms with Crippen molar-refractivity contribution in [2.45, 2.75) is 19.4 Å². The number of fused-ring (bicyclic) bond motifs is 1. The fourth-order valence-electron chi connectivity index (χ4n) is 3.03. The largest absolute Gasteiger partial charge is 0.497 e. The van der Waals surface area contributed by atoms with Gasteiger partial charge in [-0.15, -0.1) is 0 Å². The number of nitrogens with one attached hydrogen (secondary N) is 1. The highest BCUT2D eigenvalue weighted by molar-refractivity contribution is 5.48. The number of rotatable bonds is 3. The van der Waals surface area contributed by atoms with Crippen LogP contribution in [0.1, 0.15) is 28.3 Å². The van der Waals surface area contributed by atoms with Crippen LogP contribution in [0.3, 0.4) is 0 Å². The van der Waals surface area contributed by atoms with Gasteiger partial charge in [-0.2, -0.15) is 0 Å². The van der Waals surface area contributed by atoms with Crippen LogP contribution in [0.2, 0.25) is 0 Å². The van der Waals surface area contributed by atoms with Gasteiger partial charge >= 0.3 is 0 Å². The second-order valence-corrected chi connectivity index (χ2v) is 5.45. The maximum Gasteiger partial charge on any atom is 0.123 e. The van der Waals surface area contributed by atoms with E-state index in [1.54, 1.807) is 14.2 Å². The number of ether oxygens (including phenoxy) is 2. The molecule has 0 amide bonds. The molecular formula is C18H21NO2. The van der Waals surface area contributed by atoms with Crippen molar-refractivity contribution in [3.63, 3.8) is 0 Å². The lowest BCUT2D eigenvalue weighted by atomic mass is 9.88. The molecule has 1 unspecified atom stereocenters. The van der Waals surface area contributed by atoms with E-state index in [1.165, 1.54) is 22.3 Å². The smallest absolute Gasteiger partial charge is 0.123 e. The van der Waals surface area contributed by atoms with E-state index in [1.807, 2.05) is 12.1 Å². The van der Waals surface area contributed by atoms with Crippen LogP contribution in [0.15, 0.2) is 36.4 Å². The Morgan fingerprint density at radius 2 is 1.86 bits per heavy atom. The third kappa shape index (κ3) is 2.61. The molecule has 2 aromatic rings. The first kappa shape index (κ1) is 14.0. The highest BCUT2D eigenvalue weighted by Gasteiger charge is 2.24. The summed E-state index contributed by atoms with van der Waals surface area (Å²) in [7, 11) is 3.44. The number of aryl methyl sites for hydroxylation is 1. The molecule has 1 atom stereocenters. The molecule has 0 fully saturated rings. The molecule has 2 aromatic carbocycles. The van der Waals surface area contributed by atoms with Crippen LogP contribution < -0.4 is 14.8 Å². The van der Waals surface area contributed by atoms with E-state index >= 15 is 0 Å². The molecule has 0 saturated heterocycles. The lowest BCUT2D eigenvalue weighted by molar-refractivity contribution is 0.401. The number of methoxy groups -OCH3 is 2. The fourth-order valence-corrected chi connectivity index (χ4v) is 3.03. The Balaban J connectivity index is 2.08. The summed E-state index contributed by atoms with van der Waals surface area (Å²) in [6.45, 7) is 3.07. The van der Waals surface area contributed by atoms with Gasteiger partial charge in [0.1, 0.15) is 11.5 Å². The van der Waals surface area contributed by atoms with Gasteiger partial charge in [-0.3, -0.25) is 0 Å². The molecule has 0 aliphatic carbocycles. The van der Waals surface area contributed by atoms with Crippen molar-refractivity contribution in [3.8, 4) is 11.5 Å². The summed E-state index contributed by atoms with van der Waals surface area (Å²) in [4.78, 5) is 0. The summed E-state index contributed by atoms with van der Waals surface area (Å²) in [6.07, 6.45) is 1.02. The lowest BCUT2D eigenvalue weighted by Crippen LogP contribution is -2.30. The van der Waals surface area contributed by atoms with E-state index in [0.29, 0.717) is 0 Å². The Morgan fingerprint density at radius 3 is 2.62 bits per heavy atom. The van der Waals surface area contributed by atoms with Crippen molar-refractivity contribution in [2.75, 3.05) is 20.8 Å². The van der Waals surface area contributed by atoms with Crippen molar-refractivity contribution in [2.24, 2.45) is 0 Å². The number of benzene rings is 2. The molecule has 1 N–H and O–H groups in total. The van der Waals surface area contributed by atoms with Gasteiger partial charge in [-0.05, 0) is 42.7 Å². The minimum absolute atomic E-state index is 0.175. The predicted octanol–water partition coefficient (Wildman–Crippen LogP) is 3.25. The predicted molar refractivity (Wildman–Crippen MR) is 84.3 cm³/mol. The highest BCUT2D eigenvalue weighted by atomic mass is 16.5. The van der Waals surface area contributed by atoms with E-state index in [2.05, 4.69) is 36.5 Å². The standard InChI is InChI=1S/C18H21NO2/c1-12-4-7-17(21-3)16(10-12)18-15-6-5-14(20-2)11-13(15)8-9-19-18/h4-7,10-11,18-19H,8-9H2,1-3H3. The first-order valence-electron chi connectivity index (χ1n) is 7.27. The normalized spacial score (nSPS) is 17.2. The molecule has 1 heterocycles. The average molecular weight is 283 g/mol. The maximum absolute atomic E-state index is 5.55. The second kappa shape index (κ2) is 5.78. The van der Waals surface area contributed by atoms with Gasteiger partial charge in [-0.25, -0.2) is 0 Å². The quantitative estimate of drug-likeness (QED) is 0.938. The van der Waals surface area contributed by atoms with Crippen molar-refractivity contribution >= 4 is 0 Å². The Morgan fingerprint density at radius 1 is 1.00 bits per heavy atom. The molecule has 21 heavy (non-hydrogen) atoms. The van der Waals surface area contributed by atoms with Crippen LogP contribution in [-0.2, 0) is 6.42 Å². The van der Waals surface area contributed by atoms with Gasteiger partial charge in [-0.1, -0.05) is 23.8 Å². The van der Waals surface area contributed by atoms with Crippen molar-refractivity contribution in [1.29, 1.82) is 0 Å². The molecular weight excluding hydrogens is 262 g/mol. The van der Waals surface area contributed by atoms with Crippen LogP contribution in [0.4, 0.5) is 0 Å². The van der Waals surface area contributed by atoms with Crippen molar-refractivity contribution < 1.29 is 9.47 Å². The molecule has 0 saturated carbocycles. The van der Waals surface area contributed by atoms with Crippen LogP contribution >= 0.6 is 0 Å². The summed E-state index contributed by atoms with van der Waals surface area (Å²) >= 11 is 0. The second-order valence-electron chi connectivity index (χ2n) is 5.45. The summed E-state index contributed by atoms with van der Waals surface area (Å²) in [5.74, 6) is 1.85. The van der Waals surface area contributed by atoms with Gasteiger partial charge in [0.25, 0.3) is 0 Å². The maximum atomic E-state index is 5.55. The van der Waals surface area contributed by atoms with Gasteiger partial charge in [0.2, 0.25) is 0 Å². The van der Waals surface area contributed by atoms with Gasteiger partial charge in [0.15, 0.2) is 0 Å². The topological polar surface area (TPSA) is 30.5 Å². The van der Waals surface area contributed by atoms with E-state index in [4.69, 9.17) is 9.47 Å². The van der Waals surface area contributed by atoms with Gasteiger partial charge < -0.3 is 14.8 Å². The molecule has 0 radical (unpaired) electrons. The number of hydrogen-bond donors (Lipinski definition) is 1. The summed E-state index contributed by atoms with van der Waals surface area (Å²) < 4.78 is 10.9. The zero-order chi connectivity index (χ0) is 14.8. The van der Waals surface area contributed by atoms with Crippen LogP contribution in [0.5, 0.6) is 11.5 Å². The molecule has 1 aliphatic rings. The summed E-state index contributed by atoms with van der Waals surface area (Å²) in [5, 5.41) is 3.61. The van der Waals surface area contributed by atoms with Crippen molar-refractivity contribution in [1.82, 2.24) is 5.32 Å². The Labute approximate surface area is 125 Å². The molecule has 3 rings (SSSR count). The van der Waals surface area contributed by atoms with E-state index in [9.17, 15) is 0 Å². The lowest BCUT2D eigenvalue weighted by Gasteiger charge is -2.29. The van der Waals surface area contributed by atoms with E-state index in [0.717, 1.165) is 24.5 Å². The summed E-state index contributed by atoms with van der Waals surface area (Å²) in [5.41, 5.74) is 5.10. The highest BCUT2D eigenvalue weighted by Crippen LogP contribution is 2.35. The number of hydrogen-bond acceptors (Lipinski definition) is 3. The van der Waals surface area contributed by atoms with Crippen LogP contribution in [0, 0.1) is 6.92 Å². The minimum atomic E-state index is 0.175. The zero-order valence-corrected chi connectivity index (χ0v) is 12.8. The summed E-state index contributed by atoms with van der Waals surface area (Å²) in [6, 6.07) is 12.8.